The molecule has 3 N–H and O–H groups in total. The first-order chi connectivity index (χ1) is 12.2. The summed E-state index contributed by atoms with van der Waals surface area (Å²) >= 11 is 0. The quantitative estimate of drug-likeness (QED) is 0.524. The highest BCUT2D eigenvalue weighted by molar-refractivity contribution is 5.91. The van der Waals surface area contributed by atoms with Crippen LogP contribution in [0.3, 0.4) is 0 Å². The fourth-order valence-corrected chi connectivity index (χ4v) is 5.08. The van der Waals surface area contributed by atoms with Crippen LogP contribution in [0.5, 0.6) is 0 Å². The summed E-state index contributed by atoms with van der Waals surface area (Å²) in [6.07, 6.45) is 4.58. The lowest BCUT2D eigenvalue weighted by molar-refractivity contribution is -0.258. The number of cyclic esters (lactones) is 1. The van der Waals surface area contributed by atoms with Gasteiger partial charge in [0.2, 0.25) is 0 Å². The van der Waals surface area contributed by atoms with Crippen molar-refractivity contribution >= 4 is 5.97 Å². The molecule has 3 aliphatic rings. The minimum atomic E-state index is -1.37. The summed E-state index contributed by atoms with van der Waals surface area (Å²) < 4.78 is 10.6. The maximum Gasteiger partial charge on any atom is 0.334 e. The molecule has 1 saturated heterocycles. The van der Waals surface area contributed by atoms with E-state index in [0.29, 0.717) is 44.1 Å². The molecule has 0 amide bonds. The standard InChI is InChI=1S/C20H26O6/c1-18-6-3-12(10-20(18,24)7-4-16(21)19(18,2)23)14-9-15(26-17(14)22)13-5-8-25-11-13/h5,8,11,15-16,21,23-24H,3-4,6-7,9-10H2,1-2H3. The molecule has 0 aromatic carbocycles. The van der Waals surface area contributed by atoms with Gasteiger partial charge in [-0.1, -0.05) is 12.5 Å². The van der Waals surface area contributed by atoms with Crippen molar-refractivity contribution in [3.63, 3.8) is 0 Å². The van der Waals surface area contributed by atoms with Crippen LogP contribution >= 0.6 is 0 Å². The minimum Gasteiger partial charge on any atom is -0.472 e. The Bertz CT molecular complexity index is 748. The van der Waals surface area contributed by atoms with Crippen LogP contribution in [0, 0.1) is 5.41 Å². The van der Waals surface area contributed by atoms with Crippen LogP contribution in [0.1, 0.15) is 64.0 Å². The van der Waals surface area contributed by atoms with Crippen LogP contribution in [-0.4, -0.2) is 38.6 Å². The van der Waals surface area contributed by atoms with E-state index in [4.69, 9.17) is 9.15 Å². The number of carbonyl (C=O) groups is 1. The molecule has 2 aliphatic carbocycles. The Morgan fingerprint density at radius 2 is 2.00 bits per heavy atom. The maximum atomic E-state index is 12.4. The van der Waals surface area contributed by atoms with Crippen LogP contribution in [0.25, 0.3) is 0 Å². The molecule has 5 unspecified atom stereocenters. The van der Waals surface area contributed by atoms with Gasteiger partial charge in [0.1, 0.15) is 6.10 Å². The molecule has 0 bridgehead atoms. The van der Waals surface area contributed by atoms with Gasteiger partial charge >= 0.3 is 5.97 Å². The number of esters is 1. The van der Waals surface area contributed by atoms with Crippen molar-refractivity contribution in [2.75, 3.05) is 0 Å². The van der Waals surface area contributed by atoms with E-state index in [1.807, 2.05) is 6.92 Å². The summed E-state index contributed by atoms with van der Waals surface area (Å²) in [5.41, 5.74) is -0.966. The zero-order valence-corrected chi connectivity index (χ0v) is 15.2. The highest BCUT2D eigenvalue weighted by Crippen LogP contribution is 2.59. The minimum absolute atomic E-state index is 0.328. The molecule has 3 fully saturated rings. The third kappa shape index (κ3) is 2.32. The molecular weight excluding hydrogens is 336 g/mol. The number of fused-ring (bicyclic) bond motifs is 1. The topological polar surface area (TPSA) is 100 Å². The molecule has 1 aromatic heterocycles. The maximum absolute atomic E-state index is 12.4. The molecule has 2 saturated carbocycles. The highest BCUT2D eigenvalue weighted by atomic mass is 16.6. The average Bonchev–Trinajstić information content (AvgIpc) is 3.23. The number of ether oxygens (including phenoxy) is 1. The van der Waals surface area contributed by atoms with E-state index < -0.39 is 22.7 Å². The summed E-state index contributed by atoms with van der Waals surface area (Å²) in [4.78, 5) is 12.4. The van der Waals surface area contributed by atoms with Crippen molar-refractivity contribution in [3.8, 4) is 0 Å². The predicted molar refractivity (Wildman–Crippen MR) is 92.0 cm³/mol. The van der Waals surface area contributed by atoms with Gasteiger partial charge in [-0.15, -0.1) is 0 Å². The first-order valence-corrected chi connectivity index (χ1v) is 9.25. The number of aliphatic hydroxyl groups excluding tert-OH is 1. The van der Waals surface area contributed by atoms with E-state index in [9.17, 15) is 20.1 Å². The Balaban J connectivity index is 1.64. The molecule has 4 rings (SSSR count). The van der Waals surface area contributed by atoms with Crippen LogP contribution in [0.2, 0.25) is 0 Å². The molecule has 142 valence electrons. The van der Waals surface area contributed by atoms with Gasteiger partial charge in [-0.3, -0.25) is 0 Å². The average molecular weight is 362 g/mol. The van der Waals surface area contributed by atoms with E-state index in [1.165, 1.54) is 0 Å². The van der Waals surface area contributed by atoms with Crippen LogP contribution < -0.4 is 0 Å². The fraction of sp³-hybridized carbons (Fsp3) is 0.650. The molecule has 6 nitrogen and oxygen atoms in total. The van der Waals surface area contributed by atoms with Crippen LogP contribution in [-0.2, 0) is 9.53 Å². The third-order valence-corrected chi connectivity index (χ3v) is 7.28. The Kier molecular flexibility index (Phi) is 3.88. The molecule has 26 heavy (non-hydrogen) atoms. The normalized spacial score (nSPS) is 46.1. The summed E-state index contributed by atoms with van der Waals surface area (Å²) in [5.74, 6) is -0.332. The van der Waals surface area contributed by atoms with Crippen molar-refractivity contribution in [3.05, 3.63) is 35.3 Å². The van der Waals surface area contributed by atoms with Crippen molar-refractivity contribution in [1.82, 2.24) is 0 Å². The molecular formula is C20H26O6. The Morgan fingerprint density at radius 1 is 1.23 bits per heavy atom. The Morgan fingerprint density at radius 3 is 2.69 bits per heavy atom. The zero-order valence-electron chi connectivity index (χ0n) is 15.2. The van der Waals surface area contributed by atoms with Crippen LogP contribution in [0.15, 0.2) is 34.2 Å². The van der Waals surface area contributed by atoms with Gasteiger partial charge in [0.15, 0.2) is 0 Å². The highest BCUT2D eigenvalue weighted by Gasteiger charge is 2.64. The molecule has 1 aliphatic heterocycles. The van der Waals surface area contributed by atoms with E-state index in [1.54, 1.807) is 25.5 Å². The van der Waals surface area contributed by atoms with Gasteiger partial charge in [0.25, 0.3) is 0 Å². The Hall–Kier alpha value is -1.63. The number of hydrogen-bond acceptors (Lipinski definition) is 6. The molecule has 0 spiro atoms. The van der Waals surface area contributed by atoms with Gasteiger partial charge in [0.05, 0.1) is 29.8 Å². The molecule has 5 atom stereocenters. The van der Waals surface area contributed by atoms with Gasteiger partial charge in [-0.05, 0) is 45.1 Å². The van der Waals surface area contributed by atoms with Gasteiger partial charge in [0, 0.05) is 23.0 Å². The summed E-state index contributed by atoms with van der Waals surface area (Å²) in [7, 11) is 0. The van der Waals surface area contributed by atoms with Crippen molar-refractivity contribution in [1.29, 1.82) is 0 Å². The van der Waals surface area contributed by atoms with Crippen LogP contribution in [0.4, 0.5) is 0 Å². The molecule has 2 heterocycles. The monoisotopic (exact) mass is 362 g/mol. The summed E-state index contributed by atoms with van der Waals surface area (Å²) in [5, 5.41) is 32.6. The second kappa shape index (κ2) is 5.68. The SMILES string of the molecule is CC1(O)C(O)CCC2(O)CC(=C3CC(c4ccoc4)OC3=O)CCC21C. The lowest BCUT2D eigenvalue weighted by Gasteiger charge is -2.61. The lowest BCUT2D eigenvalue weighted by atomic mass is 9.49. The largest absolute Gasteiger partial charge is 0.472 e. The molecule has 6 heteroatoms. The van der Waals surface area contributed by atoms with Crippen molar-refractivity contribution in [2.24, 2.45) is 5.41 Å². The van der Waals surface area contributed by atoms with Gasteiger partial charge in [-0.2, -0.15) is 0 Å². The number of furan rings is 1. The van der Waals surface area contributed by atoms with Gasteiger partial charge in [-0.25, -0.2) is 4.79 Å². The molecule has 1 aromatic rings. The summed E-state index contributed by atoms with van der Waals surface area (Å²) in [6.45, 7) is 3.46. The Labute approximate surface area is 152 Å². The number of hydrogen-bond donors (Lipinski definition) is 3. The van der Waals surface area contributed by atoms with Crippen molar-refractivity contribution < 1.29 is 29.3 Å². The number of aliphatic hydroxyl groups is 3. The lowest BCUT2D eigenvalue weighted by Crippen LogP contribution is -2.68. The van der Waals surface area contributed by atoms with Crippen molar-refractivity contribution in [2.45, 2.75) is 75.8 Å². The summed E-state index contributed by atoms with van der Waals surface area (Å²) in [6, 6.07) is 1.79. The third-order valence-electron chi connectivity index (χ3n) is 7.28. The predicted octanol–water partition coefficient (Wildman–Crippen LogP) is 2.39. The second-order valence-corrected chi connectivity index (χ2v) is 8.48. The van der Waals surface area contributed by atoms with E-state index >= 15 is 0 Å². The first-order valence-electron chi connectivity index (χ1n) is 9.25. The van der Waals surface area contributed by atoms with E-state index in [0.717, 1.165) is 11.1 Å². The smallest absolute Gasteiger partial charge is 0.334 e. The number of carbonyl (C=O) groups excluding carboxylic acids is 1. The second-order valence-electron chi connectivity index (χ2n) is 8.48. The number of rotatable bonds is 1. The fourth-order valence-electron chi connectivity index (χ4n) is 5.08. The zero-order chi connectivity index (χ0) is 18.7. The van der Waals surface area contributed by atoms with Gasteiger partial charge < -0.3 is 24.5 Å². The first kappa shape index (κ1) is 17.8. The van der Waals surface area contributed by atoms with E-state index in [-0.39, 0.29) is 12.1 Å². The molecule has 0 radical (unpaired) electrons. The van der Waals surface area contributed by atoms with E-state index in [2.05, 4.69) is 0 Å².